The van der Waals surface area contributed by atoms with Crippen molar-refractivity contribution >= 4 is 21.7 Å². The van der Waals surface area contributed by atoms with Crippen LogP contribution < -0.4 is 5.32 Å². The van der Waals surface area contributed by atoms with Gasteiger partial charge in [-0.3, -0.25) is 0 Å². The summed E-state index contributed by atoms with van der Waals surface area (Å²) < 4.78 is 38.5. The van der Waals surface area contributed by atoms with E-state index in [0.29, 0.717) is 4.47 Å². The third-order valence-electron chi connectivity index (χ3n) is 1.66. The second-order valence-corrected chi connectivity index (χ2v) is 4.15. The predicted octanol–water partition coefficient (Wildman–Crippen LogP) is 3.44. The molecule has 0 fully saturated rings. The monoisotopic (exact) mass is 282 g/mol. The molecule has 1 rings (SSSR count). The van der Waals surface area contributed by atoms with E-state index in [1.54, 1.807) is 0 Å². The van der Waals surface area contributed by atoms with Crippen LogP contribution in [0.25, 0.3) is 0 Å². The van der Waals surface area contributed by atoms with Gasteiger partial charge in [-0.25, -0.2) is 18.2 Å². The highest BCUT2D eigenvalue weighted by Crippen LogP contribution is 2.19. The molecule has 0 amide bonds. The van der Waals surface area contributed by atoms with Crippen LogP contribution in [-0.4, -0.2) is 17.5 Å². The number of nitrogens with one attached hydrogen (secondary N) is 1. The molecule has 0 atom stereocenters. The minimum absolute atomic E-state index is 0.0116. The van der Waals surface area contributed by atoms with Crippen molar-refractivity contribution < 1.29 is 13.2 Å². The lowest BCUT2D eigenvalue weighted by Gasteiger charge is -2.11. The summed E-state index contributed by atoms with van der Waals surface area (Å²) in [6.45, 7) is 0.801. The molecule has 0 aromatic carbocycles. The van der Waals surface area contributed by atoms with Gasteiger partial charge >= 0.3 is 0 Å². The van der Waals surface area contributed by atoms with Gasteiger partial charge in [0.05, 0.1) is 0 Å². The van der Waals surface area contributed by atoms with Crippen LogP contribution in [0.15, 0.2) is 16.7 Å². The fraction of sp³-hybridized carbons (Fsp3) is 0.444. The van der Waals surface area contributed by atoms with Crippen molar-refractivity contribution in [3.63, 3.8) is 0 Å². The van der Waals surface area contributed by atoms with E-state index in [1.807, 2.05) is 0 Å². The minimum atomic E-state index is -2.75. The summed E-state index contributed by atoms with van der Waals surface area (Å²) in [6.07, 6.45) is 1.04. The van der Waals surface area contributed by atoms with Gasteiger partial charge < -0.3 is 5.32 Å². The Morgan fingerprint density at radius 1 is 1.53 bits per heavy atom. The first-order chi connectivity index (χ1) is 6.88. The molecule has 1 N–H and O–H groups in total. The standard InChI is InChI=1S/C9H10BrF3N2/c1-9(12,13)2-3-14-8-7(11)4-6(10)5-15-8/h4-5H,2-3H2,1H3,(H,14,15). The Morgan fingerprint density at radius 2 is 2.20 bits per heavy atom. The number of rotatable bonds is 4. The molecule has 0 aliphatic rings. The van der Waals surface area contributed by atoms with Crippen molar-refractivity contribution in [3.8, 4) is 0 Å². The molecular weight excluding hydrogens is 273 g/mol. The third-order valence-corrected chi connectivity index (χ3v) is 2.10. The molecule has 6 heteroatoms. The van der Waals surface area contributed by atoms with Crippen molar-refractivity contribution in [3.05, 3.63) is 22.6 Å². The van der Waals surface area contributed by atoms with Gasteiger partial charge in [-0.2, -0.15) is 0 Å². The van der Waals surface area contributed by atoms with Gasteiger partial charge in [-0.1, -0.05) is 0 Å². The first-order valence-corrected chi connectivity index (χ1v) is 5.10. The Bertz CT molecular complexity index is 339. The lowest BCUT2D eigenvalue weighted by Crippen LogP contribution is -2.17. The highest BCUT2D eigenvalue weighted by molar-refractivity contribution is 9.10. The summed E-state index contributed by atoms with van der Waals surface area (Å²) in [5.41, 5.74) is 0. The van der Waals surface area contributed by atoms with Crippen molar-refractivity contribution in [1.82, 2.24) is 4.98 Å². The number of aromatic nitrogens is 1. The average Bonchev–Trinajstić information content (AvgIpc) is 2.07. The van der Waals surface area contributed by atoms with E-state index < -0.39 is 11.7 Å². The average molecular weight is 283 g/mol. The number of anilines is 1. The van der Waals surface area contributed by atoms with E-state index in [-0.39, 0.29) is 18.8 Å². The van der Waals surface area contributed by atoms with Crippen molar-refractivity contribution in [1.29, 1.82) is 0 Å². The summed E-state index contributed by atoms with van der Waals surface area (Å²) in [4.78, 5) is 3.72. The molecule has 0 saturated heterocycles. The Balaban J connectivity index is 2.51. The molecule has 84 valence electrons. The van der Waals surface area contributed by atoms with E-state index in [9.17, 15) is 13.2 Å². The lowest BCUT2D eigenvalue weighted by atomic mass is 10.3. The van der Waals surface area contributed by atoms with Crippen LogP contribution in [0.3, 0.4) is 0 Å². The summed E-state index contributed by atoms with van der Waals surface area (Å²) in [7, 11) is 0. The van der Waals surface area contributed by atoms with E-state index in [1.165, 1.54) is 12.3 Å². The Kier molecular flexibility index (Phi) is 3.96. The molecule has 0 aliphatic heterocycles. The SMILES string of the molecule is CC(F)(F)CCNc1ncc(Br)cc1F. The zero-order valence-electron chi connectivity index (χ0n) is 8.03. The maximum atomic E-state index is 13.1. The number of hydrogen-bond donors (Lipinski definition) is 1. The predicted molar refractivity (Wildman–Crippen MR) is 55.6 cm³/mol. The number of nitrogens with zero attached hydrogens (tertiary/aromatic N) is 1. The zero-order chi connectivity index (χ0) is 11.5. The summed E-state index contributed by atoms with van der Waals surface area (Å²) in [5, 5.41) is 2.51. The van der Waals surface area contributed by atoms with Crippen LogP contribution >= 0.6 is 15.9 Å². The number of hydrogen-bond acceptors (Lipinski definition) is 2. The maximum absolute atomic E-state index is 13.1. The Labute approximate surface area is 94.0 Å². The molecule has 15 heavy (non-hydrogen) atoms. The van der Waals surface area contributed by atoms with Gasteiger partial charge in [0.15, 0.2) is 11.6 Å². The number of halogens is 4. The van der Waals surface area contributed by atoms with Crippen LogP contribution in [-0.2, 0) is 0 Å². The fourth-order valence-electron chi connectivity index (χ4n) is 0.945. The zero-order valence-corrected chi connectivity index (χ0v) is 9.61. The number of alkyl halides is 2. The number of pyridine rings is 1. The molecule has 1 aromatic rings. The largest absolute Gasteiger partial charge is 0.367 e. The molecule has 0 unspecified atom stereocenters. The fourth-order valence-corrected chi connectivity index (χ4v) is 1.25. The second-order valence-electron chi connectivity index (χ2n) is 3.23. The highest BCUT2D eigenvalue weighted by Gasteiger charge is 2.20. The van der Waals surface area contributed by atoms with Crippen molar-refractivity contribution in [2.24, 2.45) is 0 Å². The van der Waals surface area contributed by atoms with Crippen molar-refractivity contribution in [2.75, 3.05) is 11.9 Å². The quantitative estimate of drug-likeness (QED) is 0.915. The van der Waals surface area contributed by atoms with Crippen LogP contribution in [0, 0.1) is 5.82 Å². The van der Waals surface area contributed by atoms with Gasteiger partial charge in [0.1, 0.15) is 0 Å². The van der Waals surface area contributed by atoms with Gasteiger partial charge in [-0.15, -0.1) is 0 Å². The molecule has 0 saturated carbocycles. The normalized spacial score (nSPS) is 11.5. The molecule has 2 nitrogen and oxygen atoms in total. The topological polar surface area (TPSA) is 24.9 Å². The molecule has 0 aliphatic carbocycles. The molecule has 1 heterocycles. The van der Waals surface area contributed by atoms with E-state index in [2.05, 4.69) is 26.2 Å². The molecule has 0 radical (unpaired) electrons. The highest BCUT2D eigenvalue weighted by atomic mass is 79.9. The van der Waals surface area contributed by atoms with Gasteiger partial charge in [0.25, 0.3) is 0 Å². The summed E-state index contributed by atoms with van der Waals surface area (Å²) in [6, 6.07) is 1.22. The summed E-state index contributed by atoms with van der Waals surface area (Å²) in [5.74, 6) is -3.33. The first kappa shape index (κ1) is 12.3. The molecule has 1 aromatic heterocycles. The lowest BCUT2D eigenvalue weighted by molar-refractivity contribution is 0.0166. The van der Waals surface area contributed by atoms with Crippen LogP contribution in [0.1, 0.15) is 13.3 Å². The van der Waals surface area contributed by atoms with Crippen molar-refractivity contribution in [2.45, 2.75) is 19.3 Å². The van der Waals surface area contributed by atoms with Gasteiger partial charge in [-0.05, 0) is 28.9 Å². The van der Waals surface area contributed by atoms with E-state index in [4.69, 9.17) is 0 Å². The molecule has 0 bridgehead atoms. The Hall–Kier alpha value is -0.780. The van der Waals surface area contributed by atoms with Crippen LogP contribution in [0.4, 0.5) is 19.0 Å². The second kappa shape index (κ2) is 4.83. The summed E-state index contributed by atoms with van der Waals surface area (Å²) >= 11 is 3.05. The third kappa shape index (κ3) is 4.51. The van der Waals surface area contributed by atoms with Crippen LogP contribution in [0.2, 0.25) is 0 Å². The Morgan fingerprint density at radius 3 is 2.73 bits per heavy atom. The maximum Gasteiger partial charge on any atom is 0.247 e. The van der Waals surface area contributed by atoms with E-state index >= 15 is 0 Å². The van der Waals surface area contributed by atoms with E-state index in [0.717, 1.165) is 6.92 Å². The molecule has 0 spiro atoms. The van der Waals surface area contributed by atoms with Crippen LogP contribution in [0.5, 0.6) is 0 Å². The van der Waals surface area contributed by atoms with Gasteiger partial charge in [0.2, 0.25) is 5.92 Å². The first-order valence-electron chi connectivity index (χ1n) is 4.31. The van der Waals surface area contributed by atoms with Gasteiger partial charge in [0, 0.05) is 23.6 Å². The minimum Gasteiger partial charge on any atom is -0.367 e. The molecular formula is C9H10BrF3N2. The smallest absolute Gasteiger partial charge is 0.247 e.